The van der Waals surface area contributed by atoms with Crippen LogP contribution in [0.25, 0.3) is 0 Å². The van der Waals surface area contributed by atoms with Crippen LogP contribution in [-0.4, -0.2) is 28.6 Å². The van der Waals surface area contributed by atoms with Gasteiger partial charge in [0.25, 0.3) is 0 Å². The number of halogens is 1. The first-order chi connectivity index (χ1) is 9.56. The molecule has 1 aromatic carbocycles. The second-order valence-electron chi connectivity index (χ2n) is 5.30. The maximum Gasteiger partial charge on any atom is 0.337 e. The molecule has 0 heterocycles. The molecule has 0 bridgehead atoms. The molecule has 0 aliphatic heterocycles. The first kappa shape index (κ1) is 15.5. The van der Waals surface area contributed by atoms with Crippen LogP contribution in [0.15, 0.2) is 18.2 Å². The fourth-order valence-electron chi connectivity index (χ4n) is 2.75. The molecule has 110 valence electrons. The molecule has 0 unspecified atom stereocenters. The summed E-state index contributed by atoms with van der Waals surface area (Å²) in [5.74, 6) is -0.947. The van der Waals surface area contributed by atoms with Crippen LogP contribution in [-0.2, 0) is 0 Å². The number of hydrogen-bond donors (Lipinski definition) is 2. The summed E-state index contributed by atoms with van der Waals surface area (Å²) in [6.45, 7) is 0.802. The number of carboxylic acids is 1. The van der Waals surface area contributed by atoms with Gasteiger partial charge in [0.1, 0.15) is 0 Å². The zero-order valence-corrected chi connectivity index (χ0v) is 13.2. The van der Waals surface area contributed by atoms with Crippen LogP contribution in [0.1, 0.15) is 42.5 Å². The largest absolute Gasteiger partial charge is 0.478 e. The molecule has 0 amide bonds. The van der Waals surface area contributed by atoms with Gasteiger partial charge in [0.2, 0.25) is 0 Å². The minimum atomic E-state index is -0.947. The van der Waals surface area contributed by atoms with Crippen molar-refractivity contribution in [3.8, 4) is 0 Å². The van der Waals surface area contributed by atoms with Gasteiger partial charge in [-0.1, -0.05) is 30.9 Å². The van der Waals surface area contributed by atoms with Gasteiger partial charge in [0.15, 0.2) is 0 Å². The topological polar surface area (TPSA) is 49.3 Å². The number of benzene rings is 1. The minimum absolute atomic E-state index is 0.230. The highest BCUT2D eigenvalue weighted by atomic mass is 35.5. The highest BCUT2D eigenvalue weighted by molar-refractivity contribution is 8.00. The SMILES string of the molecule is CSC1(CNc2ccc(Cl)cc2C(=O)O)CCCCC1. The lowest BCUT2D eigenvalue weighted by Crippen LogP contribution is -2.35. The Morgan fingerprint density at radius 2 is 2.10 bits per heavy atom. The smallest absolute Gasteiger partial charge is 0.337 e. The van der Waals surface area contributed by atoms with Crippen LogP contribution >= 0.6 is 23.4 Å². The van der Waals surface area contributed by atoms with Crippen molar-refractivity contribution in [1.29, 1.82) is 0 Å². The van der Waals surface area contributed by atoms with Crippen LogP contribution < -0.4 is 5.32 Å². The highest BCUT2D eigenvalue weighted by Gasteiger charge is 2.31. The second kappa shape index (κ2) is 6.72. The zero-order valence-electron chi connectivity index (χ0n) is 11.6. The van der Waals surface area contributed by atoms with Crippen LogP contribution in [0.4, 0.5) is 5.69 Å². The first-order valence-corrected chi connectivity index (χ1v) is 8.48. The van der Waals surface area contributed by atoms with Crippen molar-refractivity contribution in [2.45, 2.75) is 36.9 Å². The van der Waals surface area contributed by atoms with E-state index in [2.05, 4.69) is 11.6 Å². The Labute approximate surface area is 129 Å². The molecule has 1 aliphatic carbocycles. The quantitative estimate of drug-likeness (QED) is 0.839. The molecule has 0 atom stereocenters. The number of aromatic carboxylic acids is 1. The van der Waals surface area contributed by atoms with E-state index in [1.807, 2.05) is 11.8 Å². The Morgan fingerprint density at radius 1 is 1.40 bits per heavy atom. The van der Waals surface area contributed by atoms with Crippen molar-refractivity contribution in [3.63, 3.8) is 0 Å². The lowest BCUT2D eigenvalue weighted by Gasteiger charge is -2.36. The van der Waals surface area contributed by atoms with Gasteiger partial charge in [-0.25, -0.2) is 4.79 Å². The predicted molar refractivity (Wildman–Crippen MR) is 86.2 cm³/mol. The van der Waals surface area contributed by atoms with Crippen molar-refractivity contribution < 1.29 is 9.90 Å². The number of rotatable bonds is 5. The average molecular weight is 314 g/mol. The van der Waals surface area contributed by atoms with Gasteiger partial charge in [-0.15, -0.1) is 0 Å². The summed E-state index contributed by atoms with van der Waals surface area (Å²) in [6.07, 6.45) is 8.36. The van der Waals surface area contributed by atoms with Gasteiger partial charge in [-0.05, 0) is 37.3 Å². The van der Waals surface area contributed by atoms with E-state index in [1.165, 1.54) is 38.2 Å². The van der Waals surface area contributed by atoms with Crippen LogP contribution in [0.2, 0.25) is 5.02 Å². The molecule has 1 aliphatic rings. The van der Waals surface area contributed by atoms with Crippen molar-refractivity contribution in [2.24, 2.45) is 0 Å². The van der Waals surface area contributed by atoms with Gasteiger partial charge < -0.3 is 10.4 Å². The molecule has 0 spiro atoms. The standard InChI is InChI=1S/C15H20ClNO2S/c1-20-15(7-3-2-4-8-15)10-17-13-6-5-11(16)9-12(13)14(18)19/h5-6,9,17H,2-4,7-8,10H2,1H3,(H,18,19). The molecular weight excluding hydrogens is 294 g/mol. The van der Waals surface area contributed by atoms with Crippen molar-refractivity contribution >= 4 is 35.0 Å². The molecule has 1 aromatic rings. The first-order valence-electron chi connectivity index (χ1n) is 6.88. The number of hydrogen-bond acceptors (Lipinski definition) is 3. The molecule has 0 saturated heterocycles. The van der Waals surface area contributed by atoms with Gasteiger partial charge in [-0.2, -0.15) is 11.8 Å². The lowest BCUT2D eigenvalue weighted by molar-refractivity contribution is 0.0698. The number of anilines is 1. The molecule has 5 heteroatoms. The number of thioether (sulfide) groups is 1. The molecule has 2 rings (SSSR count). The summed E-state index contributed by atoms with van der Waals surface area (Å²) >= 11 is 7.76. The van der Waals surface area contributed by atoms with Gasteiger partial charge in [0.05, 0.1) is 5.56 Å². The molecule has 1 saturated carbocycles. The van der Waals surface area contributed by atoms with Crippen molar-refractivity contribution in [2.75, 3.05) is 18.1 Å². The molecule has 3 nitrogen and oxygen atoms in total. The lowest BCUT2D eigenvalue weighted by atomic mass is 9.88. The van der Waals surface area contributed by atoms with E-state index >= 15 is 0 Å². The Hall–Kier alpha value is -0.870. The second-order valence-corrected chi connectivity index (χ2v) is 7.01. The minimum Gasteiger partial charge on any atom is -0.478 e. The summed E-state index contributed by atoms with van der Waals surface area (Å²) in [5.41, 5.74) is 0.894. The van der Waals surface area contributed by atoms with Gasteiger partial charge >= 0.3 is 5.97 Å². The van der Waals surface area contributed by atoms with E-state index in [0.717, 1.165) is 6.54 Å². The molecular formula is C15H20ClNO2S. The zero-order chi connectivity index (χ0) is 14.6. The normalized spacial score (nSPS) is 17.7. The highest BCUT2D eigenvalue weighted by Crippen LogP contribution is 2.38. The predicted octanol–water partition coefficient (Wildman–Crippen LogP) is 4.52. The number of nitrogens with one attached hydrogen (secondary N) is 1. The number of carbonyl (C=O) groups is 1. The summed E-state index contributed by atoms with van der Waals surface area (Å²) in [5, 5.41) is 13.0. The summed E-state index contributed by atoms with van der Waals surface area (Å²) in [6, 6.07) is 4.98. The number of carboxylic acid groups (broad SMARTS) is 1. The van der Waals surface area contributed by atoms with E-state index in [4.69, 9.17) is 11.6 Å². The maximum absolute atomic E-state index is 11.3. The van der Waals surface area contributed by atoms with E-state index < -0.39 is 5.97 Å². The monoisotopic (exact) mass is 313 g/mol. The van der Waals surface area contributed by atoms with E-state index in [-0.39, 0.29) is 10.3 Å². The summed E-state index contributed by atoms with van der Waals surface area (Å²) in [4.78, 5) is 11.3. The molecule has 20 heavy (non-hydrogen) atoms. The van der Waals surface area contributed by atoms with Crippen molar-refractivity contribution in [3.05, 3.63) is 28.8 Å². The Kier molecular flexibility index (Phi) is 5.22. The summed E-state index contributed by atoms with van der Waals surface area (Å²) < 4.78 is 0.230. The Bertz CT molecular complexity index is 487. The van der Waals surface area contributed by atoms with E-state index in [9.17, 15) is 9.90 Å². The molecule has 1 fully saturated rings. The van der Waals surface area contributed by atoms with Crippen LogP contribution in [0.5, 0.6) is 0 Å². The van der Waals surface area contributed by atoms with E-state index in [0.29, 0.717) is 10.7 Å². The third kappa shape index (κ3) is 3.61. The van der Waals surface area contributed by atoms with Crippen LogP contribution in [0, 0.1) is 0 Å². The summed E-state index contributed by atoms with van der Waals surface area (Å²) in [7, 11) is 0. The van der Waals surface area contributed by atoms with Gasteiger partial charge in [0, 0.05) is 22.0 Å². The average Bonchev–Trinajstić information content (AvgIpc) is 2.47. The van der Waals surface area contributed by atoms with E-state index in [1.54, 1.807) is 12.1 Å². The Morgan fingerprint density at radius 3 is 2.70 bits per heavy atom. The van der Waals surface area contributed by atoms with Gasteiger partial charge in [-0.3, -0.25) is 0 Å². The fourth-order valence-corrected chi connectivity index (χ4v) is 3.84. The molecule has 2 N–H and O–H groups in total. The Balaban J connectivity index is 2.11. The third-order valence-electron chi connectivity index (χ3n) is 4.01. The molecule has 0 aromatic heterocycles. The van der Waals surface area contributed by atoms with Crippen LogP contribution in [0.3, 0.4) is 0 Å². The molecule has 0 radical (unpaired) electrons. The fraction of sp³-hybridized carbons (Fsp3) is 0.533. The third-order valence-corrected chi connectivity index (χ3v) is 5.66. The maximum atomic E-state index is 11.3. The van der Waals surface area contributed by atoms with Crippen molar-refractivity contribution in [1.82, 2.24) is 0 Å².